The molecule has 2 aliphatic rings. The Morgan fingerprint density at radius 3 is 2.84 bits per heavy atom. The first kappa shape index (κ1) is 16.3. The number of fused-ring (bicyclic) bond motifs is 1. The maximum atomic E-state index is 13.1. The van der Waals surface area contributed by atoms with Gasteiger partial charge in [0.25, 0.3) is 0 Å². The molecule has 2 aromatic rings. The summed E-state index contributed by atoms with van der Waals surface area (Å²) >= 11 is 0. The van der Waals surface area contributed by atoms with Gasteiger partial charge in [0.05, 0.1) is 11.2 Å². The lowest BCUT2D eigenvalue weighted by atomic mass is 9.97. The van der Waals surface area contributed by atoms with Gasteiger partial charge in [0.2, 0.25) is 5.91 Å². The lowest BCUT2D eigenvalue weighted by Gasteiger charge is -2.26. The Bertz CT molecular complexity index is 799. The molecule has 2 aliphatic heterocycles. The lowest BCUT2D eigenvalue weighted by Crippen LogP contribution is -2.45. The van der Waals surface area contributed by atoms with Crippen LogP contribution in [0.15, 0.2) is 18.5 Å². The van der Waals surface area contributed by atoms with E-state index in [0.717, 1.165) is 34.6 Å². The van der Waals surface area contributed by atoms with Gasteiger partial charge in [0, 0.05) is 43.3 Å². The zero-order valence-electron chi connectivity index (χ0n) is 13.5. The number of pyridine rings is 1. The van der Waals surface area contributed by atoms with Crippen LogP contribution in [-0.4, -0.2) is 57.4 Å². The fraction of sp³-hybridized carbons (Fsp3) is 0.562. The van der Waals surface area contributed by atoms with Crippen molar-refractivity contribution in [3.8, 4) is 0 Å². The third kappa shape index (κ3) is 2.86. The number of nitrogens with one attached hydrogen (secondary N) is 1. The second-order valence-electron chi connectivity index (χ2n) is 6.58. The van der Waals surface area contributed by atoms with Crippen LogP contribution < -0.4 is 5.32 Å². The molecule has 2 saturated heterocycles. The molecule has 9 heteroatoms. The monoisotopic (exact) mass is 353 g/mol. The predicted octanol–water partition coefficient (Wildman–Crippen LogP) is 1.67. The van der Waals surface area contributed by atoms with E-state index >= 15 is 0 Å². The number of carbonyl (C=O) groups is 1. The predicted molar refractivity (Wildman–Crippen MR) is 83.9 cm³/mol. The van der Waals surface area contributed by atoms with Crippen LogP contribution in [-0.2, 0) is 11.3 Å². The van der Waals surface area contributed by atoms with Crippen molar-refractivity contribution >= 4 is 16.8 Å². The molecular formula is C16H18F3N5O. The van der Waals surface area contributed by atoms with E-state index in [-0.39, 0.29) is 25.4 Å². The fourth-order valence-electron chi connectivity index (χ4n) is 3.58. The first-order valence-corrected chi connectivity index (χ1v) is 8.32. The van der Waals surface area contributed by atoms with Gasteiger partial charge >= 0.3 is 6.18 Å². The number of likely N-dealkylation sites (tertiary alicyclic amines) is 1. The molecule has 0 bridgehead atoms. The Labute approximate surface area is 142 Å². The zero-order valence-corrected chi connectivity index (χ0v) is 13.5. The van der Waals surface area contributed by atoms with E-state index in [1.54, 1.807) is 18.5 Å². The van der Waals surface area contributed by atoms with Gasteiger partial charge in [-0.2, -0.15) is 18.3 Å². The Kier molecular flexibility index (Phi) is 3.90. The van der Waals surface area contributed by atoms with E-state index in [9.17, 15) is 18.0 Å². The van der Waals surface area contributed by atoms with Gasteiger partial charge in [-0.25, -0.2) is 0 Å². The number of alkyl halides is 3. The van der Waals surface area contributed by atoms with Crippen LogP contribution in [0.5, 0.6) is 0 Å². The summed E-state index contributed by atoms with van der Waals surface area (Å²) in [6.07, 6.45) is -0.741. The highest BCUT2D eigenvalue weighted by Crippen LogP contribution is 2.33. The Morgan fingerprint density at radius 2 is 2.16 bits per heavy atom. The summed E-state index contributed by atoms with van der Waals surface area (Å²) in [6.45, 7) is 1.56. The number of nitrogens with zero attached hydrogens (tertiary/aromatic N) is 4. The Morgan fingerprint density at radius 1 is 1.36 bits per heavy atom. The van der Waals surface area contributed by atoms with Crippen molar-refractivity contribution in [1.29, 1.82) is 0 Å². The number of hydrogen-bond donors (Lipinski definition) is 1. The molecule has 0 aromatic carbocycles. The van der Waals surface area contributed by atoms with Crippen LogP contribution in [0.2, 0.25) is 0 Å². The Hall–Kier alpha value is -2.16. The molecular weight excluding hydrogens is 335 g/mol. The van der Waals surface area contributed by atoms with Crippen LogP contribution in [0, 0.1) is 0 Å². The lowest BCUT2D eigenvalue weighted by molar-refractivity contribution is -0.183. The molecule has 0 aliphatic carbocycles. The quantitative estimate of drug-likeness (QED) is 0.912. The van der Waals surface area contributed by atoms with Gasteiger partial charge < -0.3 is 10.2 Å². The second kappa shape index (κ2) is 5.98. The highest BCUT2D eigenvalue weighted by Gasteiger charge is 2.47. The molecule has 1 atom stereocenters. The Balaban J connectivity index is 1.61. The highest BCUT2D eigenvalue weighted by molar-refractivity contribution is 5.84. The van der Waals surface area contributed by atoms with Crippen LogP contribution in [0.4, 0.5) is 13.2 Å². The molecule has 0 radical (unpaired) electrons. The van der Waals surface area contributed by atoms with E-state index in [0.29, 0.717) is 6.42 Å². The first-order valence-electron chi connectivity index (χ1n) is 8.32. The van der Waals surface area contributed by atoms with Crippen molar-refractivity contribution in [2.75, 3.05) is 19.6 Å². The van der Waals surface area contributed by atoms with E-state index in [1.165, 1.54) is 4.68 Å². The number of amides is 1. The molecule has 2 aromatic heterocycles. The summed E-state index contributed by atoms with van der Waals surface area (Å²) in [5.74, 6) is -0.294. The molecule has 0 unspecified atom stereocenters. The van der Waals surface area contributed by atoms with E-state index < -0.39 is 18.1 Å². The molecule has 1 N–H and O–H groups in total. The van der Waals surface area contributed by atoms with E-state index in [2.05, 4.69) is 15.4 Å². The standard InChI is InChI=1S/C16H18F3N5O/c17-16(18,19)13-2-1-5-23(13)14(25)9-24-12-3-4-20-8-11(12)15(22-24)10-6-21-7-10/h3-4,8,10,13,21H,1-2,5-7,9H2/t13-/m0/s1. The number of rotatable bonds is 3. The fourth-order valence-corrected chi connectivity index (χ4v) is 3.58. The van der Waals surface area contributed by atoms with Crippen LogP contribution in [0.1, 0.15) is 24.5 Å². The minimum Gasteiger partial charge on any atom is -0.329 e. The minimum absolute atomic E-state index is 0.0298. The molecule has 134 valence electrons. The molecule has 4 rings (SSSR count). The molecule has 2 fully saturated rings. The van der Waals surface area contributed by atoms with Crippen molar-refractivity contribution in [3.05, 3.63) is 24.2 Å². The van der Waals surface area contributed by atoms with Crippen molar-refractivity contribution in [2.24, 2.45) is 0 Å². The third-order valence-corrected chi connectivity index (χ3v) is 4.98. The highest BCUT2D eigenvalue weighted by atomic mass is 19.4. The molecule has 25 heavy (non-hydrogen) atoms. The van der Waals surface area contributed by atoms with Crippen LogP contribution >= 0.6 is 0 Å². The van der Waals surface area contributed by atoms with Crippen LogP contribution in [0.25, 0.3) is 10.9 Å². The number of aromatic nitrogens is 3. The van der Waals surface area contributed by atoms with E-state index in [4.69, 9.17) is 0 Å². The summed E-state index contributed by atoms with van der Waals surface area (Å²) in [6, 6.07) is 0.0648. The van der Waals surface area contributed by atoms with E-state index in [1.807, 2.05) is 0 Å². The normalized spacial score (nSPS) is 21.7. The maximum Gasteiger partial charge on any atom is 0.408 e. The average molecular weight is 353 g/mol. The summed E-state index contributed by atoms with van der Waals surface area (Å²) in [4.78, 5) is 17.6. The topological polar surface area (TPSA) is 63.1 Å². The zero-order chi connectivity index (χ0) is 17.6. The number of halogens is 3. The molecule has 6 nitrogen and oxygen atoms in total. The first-order chi connectivity index (χ1) is 11.9. The largest absolute Gasteiger partial charge is 0.408 e. The number of carbonyl (C=O) groups excluding carboxylic acids is 1. The van der Waals surface area contributed by atoms with Gasteiger partial charge in [0.15, 0.2) is 0 Å². The van der Waals surface area contributed by atoms with Gasteiger partial charge in [-0.15, -0.1) is 0 Å². The minimum atomic E-state index is -4.38. The van der Waals surface area contributed by atoms with Crippen molar-refractivity contribution < 1.29 is 18.0 Å². The van der Waals surface area contributed by atoms with Gasteiger partial charge in [0.1, 0.15) is 12.6 Å². The second-order valence-corrected chi connectivity index (χ2v) is 6.58. The molecule has 4 heterocycles. The third-order valence-electron chi connectivity index (χ3n) is 4.98. The SMILES string of the molecule is O=C(Cn1nc(C2CNC2)c2cnccc21)N1CCC[C@H]1C(F)(F)F. The van der Waals surface area contributed by atoms with Gasteiger partial charge in [-0.1, -0.05) is 0 Å². The van der Waals surface area contributed by atoms with Crippen LogP contribution in [0.3, 0.4) is 0 Å². The number of hydrogen-bond acceptors (Lipinski definition) is 4. The smallest absolute Gasteiger partial charge is 0.329 e. The summed E-state index contributed by atoms with van der Waals surface area (Å²) in [5.41, 5.74) is 1.58. The van der Waals surface area contributed by atoms with Gasteiger partial charge in [-0.05, 0) is 18.9 Å². The molecule has 1 amide bonds. The molecule has 0 saturated carbocycles. The maximum absolute atomic E-state index is 13.1. The average Bonchev–Trinajstić information content (AvgIpc) is 3.12. The van der Waals surface area contributed by atoms with Crippen molar-refractivity contribution in [2.45, 2.75) is 37.5 Å². The van der Waals surface area contributed by atoms with Gasteiger partial charge in [-0.3, -0.25) is 14.5 Å². The van der Waals surface area contributed by atoms with Crippen molar-refractivity contribution in [1.82, 2.24) is 25.0 Å². The molecule has 0 spiro atoms. The van der Waals surface area contributed by atoms with Crippen molar-refractivity contribution in [3.63, 3.8) is 0 Å². The summed E-state index contributed by atoms with van der Waals surface area (Å²) in [5, 5.41) is 8.55. The summed E-state index contributed by atoms with van der Waals surface area (Å²) in [7, 11) is 0. The summed E-state index contributed by atoms with van der Waals surface area (Å²) < 4.78 is 40.8.